The lowest BCUT2D eigenvalue weighted by atomic mass is 9.93. The van der Waals surface area contributed by atoms with E-state index in [-0.39, 0.29) is 23.4 Å². The Morgan fingerprint density at radius 2 is 1.73 bits per heavy atom. The van der Waals surface area contributed by atoms with Gasteiger partial charge in [-0.3, -0.25) is 9.59 Å². The van der Waals surface area contributed by atoms with Crippen LogP contribution in [-0.2, 0) is 19.5 Å². The Hall–Kier alpha value is -4.74. The summed E-state index contributed by atoms with van der Waals surface area (Å²) in [5.41, 5.74) is 11.7. The Morgan fingerprint density at radius 1 is 0.958 bits per heavy atom. The van der Waals surface area contributed by atoms with Gasteiger partial charge in [0.15, 0.2) is 5.69 Å². The number of nitrogens with one attached hydrogen (secondary N) is 2. The number of ether oxygens (including phenoxy) is 1. The number of rotatable bonds is 8. The minimum absolute atomic E-state index is 0.0480. The number of benzene rings is 3. The molecule has 6 rings (SSSR count). The van der Waals surface area contributed by atoms with E-state index >= 15 is 0 Å². The summed E-state index contributed by atoms with van der Waals surface area (Å²) in [6.45, 7) is 4.60. The normalized spacial score (nSPS) is 11.9. The molecule has 0 spiro atoms. The van der Waals surface area contributed by atoms with Gasteiger partial charge in [0, 0.05) is 62.4 Å². The van der Waals surface area contributed by atoms with Crippen molar-refractivity contribution in [1.82, 2.24) is 10.3 Å². The van der Waals surface area contributed by atoms with Crippen LogP contribution < -0.4 is 21.1 Å². The largest absolute Gasteiger partial charge is 0.493 e. The lowest BCUT2D eigenvalue weighted by Gasteiger charge is -2.18. The van der Waals surface area contributed by atoms with Gasteiger partial charge in [-0.2, -0.15) is 0 Å². The fourth-order valence-electron chi connectivity index (χ4n) is 5.79. The number of hydrogen-bond acceptors (Lipinski definition) is 7. The molecule has 0 aliphatic carbocycles. The number of hydrogen-bond donors (Lipinski definition) is 4. The molecule has 244 valence electrons. The lowest BCUT2D eigenvalue weighted by Crippen LogP contribution is -2.25. The number of carbonyl (C=O) groups excluding carboxylic acids is 2. The van der Waals surface area contributed by atoms with Gasteiger partial charge in [0.05, 0.1) is 6.61 Å². The van der Waals surface area contributed by atoms with Gasteiger partial charge in [-0.1, -0.05) is 35.3 Å². The number of nitrogens with two attached hydrogens (primary N) is 1. The highest BCUT2D eigenvalue weighted by molar-refractivity contribution is 7.13. The van der Waals surface area contributed by atoms with E-state index in [4.69, 9.17) is 33.7 Å². The van der Waals surface area contributed by atoms with E-state index in [9.17, 15) is 19.5 Å². The van der Waals surface area contributed by atoms with Crippen LogP contribution in [0.5, 0.6) is 5.75 Å². The number of amides is 2. The quantitative estimate of drug-likeness (QED) is 0.130. The molecule has 3 aromatic carbocycles. The van der Waals surface area contributed by atoms with Gasteiger partial charge < -0.3 is 26.2 Å². The second kappa shape index (κ2) is 13.8. The van der Waals surface area contributed by atoms with Crippen LogP contribution in [0.25, 0.3) is 21.6 Å². The van der Waals surface area contributed by atoms with Crippen molar-refractivity contribution in [1.29, 1.82) is 0 Å². The fourth-order valence-corrected chi connectivity index (χ4v) is 7.14. The van der Waals surface area contributed by atoms with Gasteiger partial charge in [-0.05, 0) is 95.6 Å². The summed E-state index contributed by atoms with van der Waals surface area (Å²) >= 11 is 13.8. The van der Waals surface area contributed by atoms with Crippen LogP contribution >= 0.6 is 34.5 Å². The number of aromatic carboxylic acids is 1. The van der Waals surface area contributed by atoms with Gasteiger partial charge in [-0.25, -0.2) is 9.78 Å². The summed E-state index contributed by atoms with van der Waals surface area (Å²) in [5.74, 6) is -1.91. The van der Waals surface area contributed by atoms with Crippen molar-refractivity contribution in [2.24, 2.45) is 5.73 Å². The molecule has 0 saturated carbocycles. The van der Waals surface area contributed by atoms with Crippen molar-refractivity contribution in [3.05, 3.63) is 121 Å². The van der Waals surface area contributed by atoms with Crippen molar-refractivity contribution in [3.8, 4) is 27.3 Å². The second-order valence-corrected chi connectivity index (χ2v) is 13.1. The van der Waals surface area contributed by atoms with Crippen LogP contribution in [0.3, 0.4) is 0 Å². The molecule has 0 radical (unpaired) electrons. The highest BCUT2D eigenvalue weighted by Crippen LogP contribution is 2.43. The summed E-state index contributed by atoms with van der Waals surface area (Å²) in [6.07, 6.45) is 0.683. The Bertz CT molecular complexity index is 2090. The summed E-state index contributed by atoms with van der Waals surface area (Å²) < 4.78 is 6.13. The predicted molar refractivity (Wildman–Crippen MR) is 189 cm³/mol. The summed E-state index contributed by atoms with van der Waals surface area (Å²) in [6, 6.07) is 17.1. The number of aryl methyl sites for hydroxylation is 2. The van der Waals surface area contributed by atoms with Gasteiger partial charge in [-0.15, -0.1) is 11.3 Å². The number of carbonyl (C=O) groups is 3. The Balaban J connectivity index is 1.43. The first-order valence-corrected chi connectivity index (χ1v) is 16.6. The Morgan fingerprint density at radius 3 is 2.46 bits per heavy atom. The van der Waals surface area contributed by atoms with Crippen molar-refractivity contribution >= 4 is 58.0 Å². The second-order valence-electron chi connectivity index (χ2n) is 11.3. The number of pyridine rings is 1. The van der Waals surface area contributed by atoms with E-state index in [1.807, 2.05) is 37.4 Å². The molecule has 0 unspecified atom stereocenters. The predicted octanol–water partition coefficient (Wildman–Crippen LogP) is 7.67. The zero-order chi connectivity index (χ0) is 34.1. The molecule has 12 heteroatoms. The smallest absolute Gasteiger partial charge is 0.355 e. The molecule has 9 nitrogen and oxygen atoms in total. The van der Waals surface area contributed by atoms with E-state index in [1.165, 1.54) is 12.1 Å². The molecule has 3 heterocycles. The maximum Gasteiger partial charge on any atom is 0.355 e. The first kappa shape index (κ1) is 33.2. The summed E-state index contributed by atoms with van der Waals surface area (Å²) in [5, 5.41) is 18.9. The monoisotopic (exact) mass is 700 g/mol. The van der Waals surface area contributed by atoms with E-state index in [1.54, 1.807) is 41.7 Å². The highest BCUT2D eigenvalue weighted by atomic mass is 35.5. The third-order valence-electron chi connectivity index (χ3n) is 8.12. The third-order valence-corrected chi connectivity index (χ3v) is 9.71. The van der Waals surface area contributed by atoms with Crippen molar-refractivity contribution < 1.29 is 24.2 Å². The molecule has 0 fully saturated rings. The number of thiophene rings is 1. The van der Waals surface area contributed by atoms with Crippen LogP contribution in [0.15, 0.2) is 66.0 Å². The van der Waals surface area contributed by atoms with Gasteiger partial charge in [0.2, 0.25) is 0 Å². The molecule has 0 bridgehead atoms. The topological polar surface area (TPSA) is 144 Å². The number of carboxylic acids is 1. The molecular weight excluding hydrogens is 671 g/mol. The Labute approximate surface area is 290 Å². The molecule has 2 aromatic heterocycles. The van der Waals surface area contributed by atoms with Crippen LogP contribution in [0, 0.1) is 13.8 Å². The van der Waals surface area contributed by atoms with E-state index < -0.39 is 23.5 Å². The van der Waals surface area contributed by atoms with Gasteiger partial charge in [0.25, 0.3) is 11.8 Å². The van der Waals surface area contributed by atoms with Crippen molar-refractivity contribution in [2.75, 3.05) is 11.9 Å². The van der Waals surface area contributed by atoms with Crippen LogP contribution in [0.1, 0.15) is 59.2 Å². The lowest BCUT2D eigenvalue weighted by molar-refractivity contribution is 0.0691. The highest BCUT2D eigenvalue weighted by Gasteiger charge is 2.27. The van der Waals surface area contributed by atoms with Gasteiger partial charge in [0.1, 0.15) is 11.4 Å². The first-order valence-electron chi connectivity index (χ1n) is 15.0. The fraction of sp³-hybridized carbons (Fsp3) is 0.167. The molecule has 0 saturated heterocycles. The molecule has 0 atom stereocenters. The standard InChI is InChI=1S/C36H30Cl2N4O5S/c1-18-11-20(16-39)12-19(2)31(18)42-34(43)26-14-27-30(47-9-7-21-8-10-48-33(21)27)15-25(26)24-4-6-29(41-32(24)36(45)46)35(44)40-17-22-13-23(37)3-5-28(22)38/h3-6,8,10-15H,7,9,16-17,39H2,1-2H3,(H,40,44)(H,42,43)(H,45,46). The van der Waals surface area contributed by atoms with Crippen molar-refractivity contribution in [3.63, 3.8) is 0 Å². The maximum absolute atomic E-state index is 14.2. The molecule has 5 aromatic rings. The molecule has 48 heavy (non-hydrogen) atoms. The van der Waals surface area contributed by atoms with Crippen LogP contribution in [0.2, 0.25) is 10.0 Å². The van der Waals surface area contributed by atoms with Gasteiger partial charge >= 0.3 is 5.97 Å². The minimum Gasteiger partial charge on any atom is -0.493 e. The van der Waals surface area contributed by atoms with E-state index in [0.717, 1.165) is 32.7 Å². The molecule has 1 aliphatic heterocycles. The average molecular weight is 702 g/mol. The van der Waals surface area contributed by atoms with Crippen LogP contribution in [0.4, 0.5) is 5.69 Å². The summed E-state index contributed by atoms with van der Waals surface area (Å²) in [4.78, 5) is 45.2. The third kappa shape index (κ3) is 6.65. The van der Waals surface area contributed by atoms with E-state index in [2.05, 4.69) is 15.6 Å². The minimum atomic E-state index is -1.37. The van der Waals surface area contributed by atoms with E-state index in [0.29, 0.717) is 52.2 Å². The molecule has 1 aliphatic rings. The average Bonchev–Trinajstić information content (AvgIpc) is 3.47. The van der Waals surface area contributed by atoms with Crippen molar-refractivity contribution in [2.45, 2.75) is 33.4 Å². The molecule has 5 N–H and O–H groups in total. The number of aromatic nitrogens is 1. The number of carboxylic acid groups (broad SMARTS) is 1. The number of fused-ring (bicyclic) bond motifs is 3. The SMILES string of the molecule is Cc1cc(CN)cc(C)c1NC(=O)c1cc2c(cc1-c1ccc(C(=O)NCc3cc(Cl)ccc3Cl)nc1C(=O)O)OCCc1ccsc1-2. The van der Waals surface area contributed by atoms with Crippen LogP contribution in [-0.4, -0.2) is 34.5 Å². The number of nitrogens with zero attached hydrogens (tertiary/aromatic N) is 1. The molecule has 2 amide bonds. The zero-order valence-corrected chi connectivity index (χ0v) is 28.3. The maximum atomic E-state index is 14.2. The Kier molecular flexibility index (Phi) is 9.52. The zero-order valence-electron chi connectivity index (χ0n) is 25.9. The number of halogens is 2. The summed E-state index contributed by atoms with van der Waals surface area (Å²) in [7, 11) is 0. The molecular formula is C36H30Cl2N4O5S. The number of anilines is 1. The first-order chi connectivity index (χ1) is 23.0.